The number of rotatable bonds is 0. The number of hydrogen-bond acceptors (Lipinski definition) is 2. The van der Waals surface area contributed by atoms with Crippen LogP contribution < -0.4 is 16.2 Å². The Hall–Kier alpha value is -1.15. The van der Waals surface area contributed by atoms with E-state index in [-0.39, 0.29) is 0 Å². The Balaban J connectivity index is 2.34. The van der Waals surface area contributed by atoms with Crippen LogP contribution in [0.2, 0.25) is 0 Å². The Morgan fingerprint density at radius 2 is 2.00 bits per heavy atom. The quantitative estimate of drug-likeness (QED) is 0.707. The van der Waals surface area contributed by atoms with E-state index in [4.69, 9.17) is 5.73 Å². The summed E-state index contributed by atoms with van der Waals surface area (Å²) in [6.07, 6.45) is 4.54. The summed E-state index contributed by atoms with van der Waals surface area (Å²) in [7, 11) is 0. The number of fused-ring (bicyclic) bond motifs is 2. The van der Waals surface area contributed by atoms with Gasteiger partial charge in [0.2, 0.25) is 0 Å². The van der Waals surface area contributed by atoms with Crippen LogP contribution in [-0.2, 0) is 0 Å². The van der Waals surface area contributed by atoms with E-state index in [1.54, 1.807) is 11.8 Å². The molecule has 0 amide bonds. The third-order valence-corrected chi connectivity index (χ3v) is 4.19. The fourth-order valence-corrected chi connectivity index (χ4v) is 3.54. The smallest absolute Gasteiger partial charge is 0.0666 e. The van der Waals surface area contributed by atoms with Crippen LogP contribution >= 0.6 is 11.8 Å². The van der Waals surface area contributed by atoms with E-state index in [1.165, 1.54) is 15.3 Å². The van der Waals surface area contributed by atoms with Gasteiger partial charge in [0.25, 0.3) is 0 Å². The van der Waals surface area contributed by atoms with E-state index in [0.717, 1.165) is 5.03 Å². The summed E-state index contributed by atoms with van der Waals surface area (Å²) in [6, 6.07) is 8.57. The monoisotopic (exact) mass is 215 g/mol. The topological polar surface area (TPSA) is 26.0 Å². The molecule has 2 atom stereocenters. The molecule has 1 aliphatic carbocycles. The van der Waals surface area contributed by atoms with Gasteiger partial charge in [-0.25, -0.2) is 0 Å². The number of thioether (sulfide) groups is 1. The Bertz CT molecular complexity index is 556. The Kier molecular flexibility index (Phi) is 1.93. The maximum absolute atomic E-state index is 5.90. The van der Waals surface area contributed by atoms with Gasteiger partial charge in [0.15, 0.2) is 0 Å². The zero-order valence-corrected chi connectivity index (χ0v) is 9.42. The van der Waals surface area contributed by atoms with Crippen molar-refractivity contribution in [2.24, 2.45) is 17.6 Å². The SMILES string of the molecule is CC1C=c2ccccc2=C2SC(N)=CC21. The molecule has 0 saturated carbocycles. The van der Waals surface area contributed by atoms with Crippen molar-refractivity contribution in [3.8, 4) is 0 Å². The van der Waals surface area contributed by atoms with Gasteiger partial charge in [-0.2, -0.15) is 0 Å². The molecule has 1 nitrogen and oxygen atoms in total. The highest BCUT2D eigenvalue weighted by atomic mass is 32.2. The van der Waals surface area contributed by atoms with Gasteiger partial charge < -0.3 is 5.73 Å². The van der Waals surface area contributed by atoms with Gasteiger partial charge in [0.05, 0.1) is 5.03 Å². The Morgan fingerprint density at radius 3 is 2.87 bits per heavy atom. The lowest BCUT2D eigenvalue weighted by atomic mass is 9.88. The van der Waals surface area contributed by atoms with Crippen LogP contribution in [-0.4, -0.2) is 0 Å². The lowest BCUT2D eigenvalue weighted by molar-refractivity contribution is 0.662. The molecule has 15 heavy (non-hydrogen) atoms. The van der Waals surface area contributed by atoms with E-state index < -0.39 is 0 Å². The van der Waals surface area contributed by atoms with E-state index >= 15 is 0 Å². The van der Waals surface area contributed by atoms with Crippen molar-refractivity contribution in [1.29, 1.82) is 0 Å². The molecular weight excluding hydrogens is 202 g/mol. The molecule has 2 aliphatic rings. The summed E-state index contributed by atoms with van der Waals surface area (Å²) < 4.78 is 0. The van der Waals surface area contributed by atoms with Crippen molar-refractivity contribution in [2.45, 2.75) is 6.92 Å². The first-order valence-corrected chi connectivity index (χ1v) is 6.03. The maximum atomic E-state index is 5.90. The number of allylic oxidation sites excluding steroid dienone is 1. The first-order valence-electron chi connectivity index (χ1n) is 5.22. The van der Waals surface area contributed by atoms with Gasteiger partial charge >= 0.3 is 0 Å². The minimum absolute atomic E-state index is 0.505. The lowest BCUT2D eigenvalue weighted by Gasteiger charge is -2.19. The minimum Gasteiger partial charge on any atom is -0.394 e. The van der Waals surface area contributed by atoms with E-state index in [1.807, 2.05) is 0 Å². The van der Waals surface area contributed by atoms with Gasteiger partial charge in [-0.15, -0.1) is 0 Å². The molecule has 1 heterocycles. The standard InChI is InChI=1S/C13H13NS/c1-8-6-9-4-2-3-5-10(9)13-11(8)7-12(14)15-13/h2-8,11H,14H2,1H3. The molecule has 0 spiro atoms. The second-order valence-corrected chi connectivity index (χ2v) is 5.29. The van der Waals surface area contributed by atoms with Crippen LogP contribution in [0, 0.1) is 11.8 Å². The van der Waals surface area contributed by atoms with Crippen LogP contribution in [0.25, 0.3) is 11.0 Å². The fourth-order valence-electron chi connectivity index (χ4n) is 2.36. The summed E-state index contributed by atoms with van der Waals surface area (Å²) in [5.74, 6) is 1.06. The van der Waals surface area contributed by atoms with Crippen LogP contribution in [0.3, 0.4) is 0 Å². The molecule has 76 valence electrons. The Labute approximate surface area is 93.4 Å². The zero-order valence-electron chi connectivity index (χ0n) is 8.60. The summed E-state index contributed by atoms with van der Waals surface area (Å²) in [5, 5.41) is 3.67. The van der Waals surface area contributed by atoms with Gasteiger partial charge in [-0.1, -0.05) is 49.0 Å². The second kappa shape index (κ2) is 3.17. The Morgan fingerprint density at radius 1 is 1.20 bits per heavy atom. The van der Waals surface area contributed by atoms with Crippen LogP contribution in [0.5, 0.6) is 0 Å². The lowest BCUT2D eigenvalue weighted by Crippen LogP contribution is -2.33. The molecule has 0 fully saturated rings. The van der Waals surface area contributed by atoms with Crippen molar-refractivity contribution in [1.82, 2.24) is 0 Å². The van der Waals surface area contributed by atoms with Crippen molar-refractivity contribution in [2.75, 3.05) is 0 Å². The molecule has 1 aliphatic heterocycles. The average Bonchev–Trinajstić information content (AvgIpc) is 2.61. The third kappa shape index (κ3) is 1.32. The highest BCUT2D eigenvalue weighted by molar-refractivity contribution is 8.11. The van der Waals surface area contributed by atoms with E-state index in [2.05, 4.69) is 43.3 Å². The van der Waals surface area contributed by atoms with Crippen molar-refractivity contribution >= 4 is 22.7 Å². The first kappa shape index (κ1) is 9.10. The summed E-state index contributed by atoms with van der Waals surface area (Å²) in [4.78, 5) is 1.43. The maximum Gasteiger partial charge on any atom is 0.0666 e. The molecule has 1 aromatic rings. The van der Waals surface area contributed by atoms with Gasteiger partial charge in [-0.3, -0.25) is 0 Å². The fraction of sp³-hybridized carbons (Fsp3) is 0.231. The molecule has 0 aromatic heterocycles. The predicted molar refractivity (Wildman–Crippen MR) is 66.1 cm³/mol. The van der Waals surface area contributed by atoms with Crippen molar-refractivity contribution < 1.29 is 0 Å². The molecular formula is C13H13NS. The third-order valence-electron chi connectivity index (χ3n) is 3.11. The van der Waals surface area contributed by atoms with E-state index in [0.29, 0.717) is 11.8 Å². The summed E-state index contributed by atoms with van der Waals surface area (Å²) in [5.41, 5.74) is 5.90. The largest absolute Gasteiger partial charge is 0.394 e. The van der Waals surface area contributed by atoms with E-state index in [9.17, 15) is 0 Å². The van der Waals surface area contributed by atoms with Gasteiger partial charge in [0, 0.05) is 10.8 Å². The van der Waals surface area contributed by atoms with Gasteiger partial charge in [-0.05, 0) is 22.4 Å². The average molecular weight is 215 g/mol. The number of benzene rings is 1. The van der Waals surface area contributed by atoms with Crippen LogP contribution in [0.1, 0.15) is 6.92 Å². The molecule has 1 aromatic carbocycles. The van der Waals surface area contributed by atoms with Crippen LogP contribution in [0.4, 0.5) is 0 Å². The van der Waals surface area contributed by atoms with Crippen molar-refractivity contribution in [3.63, 3.8) is 0 Å². The number of nitrogens with two attached hydrogens (primary N) is 1. The second-order valence-electron chi connectivity index (χ2n) is 4.17. The molecule has 0 radical (unpaired) electrons. The molecule has 0 bridgehead atoms. The van der Waals surface area contributed by atoms with Crippen molar-refractivity contribution in [3.05, 3.63) is 45.8 Å². The highest BCUT2D eigenvalue weighted by Crippen LogP contribution is 2.42. The summed E-state index contributed by atoms with van der Waals surface area (Å²) >= 11 is 1.73. The van der Waals surface area contributed by atoms with Crippen LogP contribution in [0.15, 0.2) is 35.4 Å². The molecule has 2 N–H and O–H groups in total. The highest BCUT2D eigenvalue weighted by Gasteiger charge is 2.27. The molecule has 2 heteroatoms. The number of hydrogen-bond donors (Lipinski definition) is 1. The minimum atomic E-state index is 0.505. The first-order chi connectivity index (χ1) is 7.25. The predicted octanol–water partition coefficient (Wildman–Crippen LogP) is 1.39. The molecule has 0 saturated heterocycles. The zero-order chi connectivity index (χ0) is 10.4. The molecule has 2 unspecified atom stereocenters. The normalized spacial score (nSPS) is 27.8. The molecule has 3 rings (SSSR count). The summed E-state index contributed by atoms with van der Waals surface area (Å²) in [6.45, 7) is 2.26. The van der Waals surface area contributed by atoms with Gasteiger partial charge in [0.1, 0.15) is 0 Å².